The first-order valence-corrected chi connectivity index (χ1v) is 8.91. The summed E-state index contributed by atoms with van der Waals surface area (Å²) in [6, 6.07) is 7.26. The largest absolute Gasteiger partial charge is 0.383 e. The number of ether oxygens (including phenoxy) is 1. The number of benzene rings is 1. The molecule has 9 heteroatoms. The van der Waals surface area contributed by atoms with E-state index in [2.05, 4.69) is 41.6 Å². The Labute approximate surface area is 159 Å². The van der Waals surface area contributed by atoms with Gasteiger partial charge in [-0.3, -0.25) is 4.79 Å². The molecule has 0 saturated heterocycles. The molecular weight excluding hydrogens is 400 g/mol. The van der Waals surface area contributed by atoms with E-state index in [0.29, 0.717) is 31.8 Å². The van der Waals surface area contributed by atoms with Gasteiger partial charge in [-0.1, -0.05) is 22.0 Å². The molecule has 2 N–H and O–H groups in total. The lowest BCUT2D eigenvalue weighted by Gasteiger charge is -2.07. The highest BCUT2D eigenvalue weighted by molar-refractivity contribution is 9.10. The van der Waals surface area contributed by atoms with Crippen LogP contribution in [0.5, 0.6) is 0 Å². The average molecular weight is 419 g/mol. The van der Waals surface area contributed by atoms with Crippen molar-refractivity contribution in [1.29, 1.82) is 0 Å². The fourth-order valence-corrected chi connectivity index (χ4v) is 2.88. The maximum atomic E-state index is 12.2. The summed E-state index contributed by atoms with van der Waals surface area (Å²) in [7, 11) is 1.65. The van der Waals surface area contributed by atoms with Crippen LogP contribution in [0.3, 0.4) is 0 Å². The second kappa shape index (κ2) is 8.72. The molecule has 0 aliphatic carbocycles. The maximum absolute atomic E-state index is 12.2. The van der Waals surface area contributed by atoms with Gasteiger partial charge in [-0.25, -0.2) is 14.6 Å². The highest BCUT2D eigenvalue weighted by Crippen LogP contribution is 2.18. The molecule has 8 nitrogen and oxygen atoms in total. The minimum Gasteiger partial charge on any atom is -0.383 e. The number of nitrogens with one attached hydrogen (secondary N) is 2. The van der Waals surface area contributed by atoms with Crippen LogP contribution in [0, 0.1) is 0 Å². The first kappa shape index (κ1) is 18.3. The number of hydrogen-bond donors (Lipinski definition) is 2. The van der Waals surface area contributed by atoms with Crippen molar-refractivity contribution in [1.82, 2.24) is 25.1 Å². The number of nitrogens with zero attached hydrogens (tertiary/aromatic N) is 4. The summed E-state index contributed by atoms with van der Waals surface area (Å²) < 4.78 is 7.65. The fraction of sp³-hybridized carbons (Fsp3) is 0.294. The maximum Gasteiger partial charge on any atom is 0.251 e. The van der Waals surface area contributed by atoms with Gasteiger partial charge in [-0.15, -0.1) is 0 Å². The van der Waals surface area contributed by atoms with E-state index in [-0.39, 0.29) is 5.91 Å². The minimum absolute atomic E-state index is 0.126. The van der Waals surface area contributed by atoms with E-state index in [0.717, 1.165) is 21.3 Å². The van der Waals surface area contributed by atoms with Gasteiger partial charge < -0.3 is 15.4 Å². The predicted octanol–water partition coefficient (Wildman–Crippen LogP) is 2.08. The van der Waals surface area contributed by atoms with Crippen LogP contribution in [0.2, 0.25) is 0 Å². The summed E-state index contributed by atoms with van der Waals surface area (Å²) in [6.07, 6.45) is 3.22. The summed E-state index contributed by atoms with van der Waals surface area (Å²) in [5.41, 5.74) is 1.33. The summed E-state index contributed by atoms with van der Waals surface area (Å²) in [4.78, 5) is 20.7. The summed E-state index contributed by atoms with van der Waals surface area (Å²) in [6.45, 7) is 2.19. The van der Waals surface area contributed by atoms with Crippen molar-refractivity contribution in [3.63, 3.8) is 0 Å². The fourth-order valence-electron chi connectivity index (χ4n) is 2.48. The molecule has 0 unspecified atom stereocenters. The number of fused-ring (bicyclic) bond motifs is 1. The molecular formula is C17H19BrN6O2. The standard InChI is InChI=1S/C17H19BrN6O2/c1-26-8-6-19-15-14-10-23-24(16(14)22-11-21-15)7-5-20-17(25)12-3-2-4-13(18)9-12/h2-4,9-11H,5-8H2,1H3,(H,20,25)(H,19,21,22). The van der Waals surface area contributed by atoms with Gasteiger partial charge in [-0.2, -0.15) is 5.10 Å². The van der Waals surface area contributed by atoms with Crippen LogP contribution >= 0.6 is 15.9 Å². The highest BCUT2D eigenvalue weighted by Gasteiger charge is 2.10. The number of rotatable bonds is 8. The quantitative estimate of drug-likeness (QED) is 0.543. The molecule has 1 aromatic carbocycles. The van der Waals surface area contributed by atoms with Crippen LogP contribution in [0.4, 0.5) is 5.82 Å². The Hall–Kier alpha value is -2.52. The van der Waals surface area contributed by atoms with Crippen molar-refractivity contribution < 1.29 is 9.53 Å². The number of carbonyl (C=O) groups excluding carboxylic acids is 1. The van der Waals surface area contributed by atoms with Crippen LogP contribution in [0.15, 0.2) is 41.3 Å². The normalized spacial score (nSPS) is 10.8. The molecule has 0 spiro atoms. The Morgan fingerprint density at radius 1 is 1.31 bits per heavy atom. The van der Waals surface area contributed by atoms with Crippen LogP contribution in [-0.4, -0.2) is 52.5 Å². The summed E-state index contributed by atoms with van der Waals surface area (Å²) in [5.74, 6) is 0.593. The third-order valence-corrected chi connectivity index (χ3v) is 4.22. The van der Waals surface area contributed by atoms with Gasteiger partial charge in [0.2, 0.25) is 0 Å². The number of anilines is 1. The molecule has 0 atom stereocenters. The number of aromatic nitrogens is 4. The monoisotopic (exact) mass is 418 g/mol. The minimum atomic E-state index is -0.126. The first-order valence-electron chi connectivity index (χ1n) is 8.12. The molecule has 3 aromatic rings. The smallest absolute Gasteiger partial charge is 0.251 e. The van der Waals surface area contributed by atoms with Gasteiger partial charge in [0.1, 0.15) is 12.1 Å². The average Bonchev–Trinajstić information content (AvgIpc) is 3.06. The Morgan fingerprint density at radius 3 is 3.00 bits per heavy atom. The molecule has 0 aliphatic heterocycles. The van der Waals surface area contributed by atoms with Gasteiger partial charge in [0.05, 0.1) is 24.7 Å². The lowest BCUT2D eigenvalue weighted by atomic mass is 10.2. The molecule has 0 fully saturated rings. The van der Waals surface area contributed by atoms with Gasteiger partial charge >= 0.3 is 0 Å². The molecule has 136 valence electrons. The van der Waals surface area contributed by atoms with Crippen LogP contribution in [0.25, 0.3) is 11.0 Å². The second-order valence-corrected chi connectivity index (χ2v) is 6.43. The van der Waals surface area contributed by atoms with E-state index in [1.807, 2.05) is 12.1 Å². The van der Waals surface area contributed by atoms with Gasteiger partial charge in [0, 0.05) is 30.2 Å². The van der Waals surface area contributed by atoms with Crippen molar-refractivity contribution in [2.24, 2.45) is 0 Å². The lowest BCUT2D eigenvalue weighted by Crippen LogP contribution is -2.27. The van der Waals surface area contributed by atoms with Crippen molar-refractivity contribution >= 4 is 38.7 Å². The topological polar surface area (TPSA) is 94.0 Å². The van der Waals surface area contributed by atoms with E-state index >= 15 is 0 Å². The molecule has 2 heterocycles. The zero-order valence-corrected chi connectivity index (χ0v) is 15.9. The Bertz CT molecular complexity index is 898. The van der Waals surface area contributed by atoms with Crippen molar-refractivity contribution in [3.8, 4) is 0 Å². The Morgan fingerprint density at radius 2 is 2.19 bits per heavy atom. The first-order chi connectivity index (χ1) is 12.7. The van der Waals surface area contributed by atoms with E-state index in [4.69, 9.17) is 4.74 Å². The molecule has 26 heavy (non-hydrogen) atoms. The van der Waals surface area contributed by atoms with Crippen molar-refractivity contribution in [3.05, 3.63) is 46.8 Å². The Kier molecular flexibility index (Phi) is 6.13. The molecule has 2 aromatic heterocycles. The summed E-state index contributed by atoms with van der Waals surface area (Å²) >= 11 is 3.36. The third kappa shape index (κ3) is 4.36. The van der Waals surface area contributed by atoms with Crippen LogP contribution in [-0.2, 0) is 11.3 Å². The van der Waals surface area contributed by atoms with E-state index < -0.39 is 0 Å². The molecule has 0 aliphatic rings. The molecule has 1 amide bonds. The van der Waals surface area contributed by atoms with Gasteiger partial charge in [0.15, 0.2) is 5.65 Å². The zero-order valence-electron chi connectivity index (χ0n) is 14.3. The zero-order chi connectivity index (χ0) is 18.4. The number of hydrogen-bond acceptors (Lipinski definition) is 6. The van der Waals surface area contributed by atoms with E-state index in [9.17, 15) is 4.79 Å². The van der Waals surface area contributed by atoms with Crippen LogP contribution in [0.1, 0.15) is 10.4 Å². The van der Waals surface area contributed by atoms with Crippen molar-refractivity contribution in [2.45, 2.75) is 6.54 Å². The van der Waals surface area contributed by atoms with Crippen molar-refractivity contribution in [2.75, 3.05) is 32.1 Å². The molecule has 0 bridgehead atoms. The van der Waals surface area contributed by atoms with Gasteiger partial charge in [-0.05, 0) is 18.2 Å². The van der Waals surface area contributed by atoms with E-state index in [1.165, 1.54) is 6.33 Å². The SMILES string of the molecule is COCCNc1ncnc2c1cnn2CCNC(=O)c1cccc(Br)c1. The van der Waals surface area contributed by atoms with Crippen LogP contribution < -0.4 is 10.6 Å². The number of carbonyl (C=O) groups is 1. The number of amides is 1. The Balaban J connectivity index is 1.62. The van der Waals surface area contributed by atoms with Gasteiger partial charge in [0.25, 0.3) is 5.91 Å². The summed E-state index contributed by atoms with van der Waals surface area (Å²) in [5, 5.41) is 11.3. The predicted molar refractivity (Wildman–Crippen MR) is 102 cm³/mol. The van der Waals surface area contributed by atoms with E-state index in [1.54, 1.807) is 30.1 Å². The molecule has 3 rings (SSSR count). The number of methoxy groups -OCH3 is 1. The second-order valence-electron chi connectivity index (χ2n) is 5.51. The molecule has 0 radical (unpaired) electrons. The molecule has 0 saturated carbocycles. The highest BCUT2D eigenvalue weighted by atomic mass is 79.9. The third-order valence-electron chi connectivity index (χ3n) is 3.73. The number of halogens is 1. The lowest BCUT2D eigenvalue weighted by molar-refractivity contribution is 0.0952.